The molecule has 0 bridgehead atoms. The van der Waals surface area contributed by atoms with Crippen LogP contribution in [0.3, 0.4) is 0 Å². The molecule has 5 rings (SSSR count). The van der Waals surface area contributed by atoms with Crippen LogP contribution < -0.4 is 0 Å². The van der Waals surface area contributed by atoms with Crippen molar-refractivity contribution in [2.24, 2.45) is 0 Å². The van der Waals surface area contributed by atoms with Crippen LogP contribution in [0, 0.1) is 0 Å². The summed E-state index contributed by atoms with van der Waals surface area (Å²) < 4.78 is 6.94. The van der Waals surface area contributed by atoms with Crippen molar-refractivity contribution < 1.29 is 19.4 Å². The molecule has 0 spiro atoms. The van der Waals surface area contributed by atoms with Gasteiger partial charge in [-0.15, -0.1) is 11.8 Å². The summed E-state index contributed by atoms with van der Waals surface area (Å²) in [4.78, 5) is 27.8. The normalized spacial score (nSPS) is 16.2. The van der Waals surface area contributed by atoms with E-state index in [-0.39, 0.29) is 23.8 Å². The number of para-hydroxylation sites is 1. The van der Waals surface area contributed by atoms with Gasteiger partial charge in [-0.05, 0) is 29.8 Å². The van der Waals surface area contributed by atoms with E-state index in [1.54, 1.807) is 29.2 Å². The highest BCUT2D eigenvalue weighted by molar-refractivity contribution is 8.00. The van der Waals surface area contributed by atoms with Gasteiger partial charge in [-0.3, -0.25) is 4.79 Å². The van der Waals surface area contributed by atoms with Gasteiger partial charge in [0.15, 0.2) is 0 Å². The van der Waals surface area contributed by atoms with Crippen LogP contribution in [0.1, 0.15) is 16.5 Å². The summed E-state index contributed by atoms with van der Waals surface area (Å²) in [6, 6.07) is 25.4. The molecule has 1 fully saturated rings. The average molecular weight is 500 g/mol. The van der Waals surface area contributed by atoms with Crippen molar-refractivity contribution in [3.63, 3.8) is 0 Å². The first-order valence-corrected chi connectivity index (χ1v) is 12.6. The van der Waals surface area contributed by atoms with Gasteiger partial charge in [0.05, 0.1) is 24.2 Å². The molecule has 2 unspecified atom stereocenters. The summed E-state index contributed by atoms with van der Waals surface area (Å²) in [6.45, 7) is 0. The molecule has 182 valence electrons. The number of methoxy groups -OCH3 is 1. The minimum Gasteiger partial charge on any atom is -0.508 e. The van der Waals surface area contributed by atoms with Crippen molar-refractivity contribution in [1.82, 2.24) is 14.7 Å². The van der Waals surface area contributed by atoms with Crippen LogP contribution >= 0.6 is 11.8 Å². The number of hydrogen-bond acceptors (Lipinski definition) is 6. The molecule has 2 atom stereocenters. The van der Waals surface area contributed by atoms with Crippen LogP contribution in [0.25, 0.3) is 16.9 Å². The number of esters is 1. The molecule has 0 saturated carbocycles. The van der Waals surface area contributed by atoms with Crippen molar-refractivity contribution in [3.8, 4) is 22.7 Å². The number of ether oxygens (including phenoxy) is 1. The molecule has 7 nitrogen and oxygen atoms in total. The number of hydrogen-bond donors (Lipinski definition) is 1. The number of phenols is 1. The number of nitrogens with zero attached hydrogens (tertiary/aromatic N) is 3. The number of aromatic hydroxyl groups is 1. The van der Waals surface area contributed by atoms with E-state index < -0.39 is 17.4 Å². The predicted octanol–water partition coefficient (Wildman–Crippen LogP) is 4.60. The van der Waals surface area contributed by atoms with Gasteiger partial charge in [0.2, 0.25) is 5.91 Å². The second-order valence-electron chi connectivity index (χ2n) is 8.45. The summed E-state index contributed by atoms with van der Waals surface area (Å²) in [5.74, 6) is -0.232. The van der Waals surface area contributed by atoms with Gasteiger partial charge in [0, 0.05) is 23.7 Å². The van der Waals surface area contributed by atoms with Crippen LogP contribution in [-0.4, -0.2) is 50.6 Å². The monoisotopic (exact) mass is 499 g/mol. The Morgan fingerprint density at radius 2 is 1.72 bits per heavy atom. The molecule has 1 N–H and O–H groups in total. The van der Waals surface area contributed by atoms with Crippen LogP contribution in [0.15, 0.2) is 91.1 Å². The Morgan fingerprint density at radius 1 is 1.06 bits per heavy atom. The molecule has 0 radical (unpaired) electrons. The molecular formula is C28H25N3O4S. The van der Waals surface area contributed by atoms with Crippen molar-refractivity contribution in [2.75, 3.05) is 12.9 Å². The number of carbonyl (C=O) groups is 2. The maximum Gasteiger partial charge on any atom is 0.328 e. The molecule has 3 aromatic carbocycles. The molecule has 1 saturated heterocycles. The Balaban J connectivity index is 1.58. The first-order chi connectivity index (χ1) is 17.5. The van der Waals surface area contributed by atoms with E-state index in [4.69, 9.17) is 9.84 Å². The van der Waals surface area contributed by atoms with Crippen molar-refractivity contribution in [1.29, 1.82) is 0 Å². The Kier molecular flexibility index (Phi) is 6.77. The van der Waals surface area contributed by atoms with Crippen molar-refractivity contribution in [3.05, 3.63) is 102 Å². The van der Waals surface area contributed by atoms with E-state index in [2.05, 4.69) is 0 Å². The lowest BCUT2D eigenvalue weighted by Crippen LogP contribution is -2.45. The fourth-order valence-corrected chi connectivity index (χ4v) is 5.63. The molecular weight excluding hydrogens is 474 g/mol. The van der Waals surface area contributed by atoms with E-state index >= 15 is 0 Å². The van der Waals surface area contributed by atoms with Gasteiger partial charge in [-0.25, -0.2) is 9.48 Å². The molecule has 36 heavy (non-hydrogen) atoms. The topological polar surface area (TPSA) is 84.7 Å². The van der Waals surface area contributed by atoms with Gasteiger partial charge in [-0.1, -0.05) is 60.7 Å². The molecule has 1 aromatic heterocycles. The summed E-state index contributed by atoms with van der Waals surface area (Å²) >= 11 is 1.47. The number of amides is 1. The van der Waals surface area contributed by atoms with Crippen LogP contribution in [0.4, 0.5) is 0 Å². The molecule has 0 aliphatic carbocycles. The predicted molar refractivity (Wildman–Crippen MR) is 139 cm³/mol. The Morgan fingerprint density at radius 3 is 2.39 bits per heavy atom. The fourth-order valence-electron chi connectivity index (χ4n) is 4.40. The summed E-state index contributed by atoms with van der Waals surface area (Å²) in [5.41, 5.74) is 4.24. The fraction of sp³-hybridized carbons (Fsp3) is 0.179. The molecule has 1 aliphatic heterocycles. The lowest BCUT2D eigenvalue weighted by molar-refractivity contribution is -0.152. The molecule has 8 heteroatoms. The highest BCUT2D eigenvalue weighted by Crippen LogP contribution is 2.44. The van der Waals surface area contributed by atoms with Gasteiger partial charge in [0.1, 0.15) is 17.2 Å². The number of rotatable bonds is 7. The zero-order chi connectivity index (χ0) is 25.1. The first kappa shape index (κ1) is 23.7. The van der Waals surface area contributed by atoms with E-state index in [1.807, 2.05) is 71.5 Å². The van der Waals surface area contributed by atoms with Crippen LogP contribution in [-0.2, 0) is 20.7 Å². The van der Waals surface area contributed by atoms with Crippen LogP contribution in [0.2, 0.25) is 0 Å². The van der Waals surface area contributed by atoms with Crippen molar-refractivity contribution in [2.45, 2.75) is 17.8 Å². The van der Waals surface area contributed by atoms with Gasteiger partial charge in [0.25, 0.3) is 0 Å². The van der Waals surface area contributed by atoms with Gasteiger partial charge >= 0.3 is 5.97 Å². The number of thioether (sulfide) groups is 1. The zero-order valence-electron chi connectivity index (χ0n) is 19.7. The maximum atomic E-state index is 13.2. The van der Waals surface area contributed by atoms with E-state index in [0.29, 0.717) is 0 Å². The number of carbonyl (C=O) groups excluding carboxylic acids is 2. The lowest BCUT2D eigenvalue weighted by atomic mass is 10.0. The quantitative estimate of drug-likeness (QED) is 0.374. The molecule has 4 aromatic rings. The molecule has 1 aliphatic rings. The zero-order valence-corrected chi connectivity index (χ0v) is 20.5. The maximum absolute atomic E-state index is 13.2. The standard InChI is InChI=1S/C28H25N3O4S/c1-35-28(34)24(16-19-12-14-22(32)15-13-19)31-25(33)18-36-27(31)23-17-30(21-10-6-3-7-11-21)29-26(23)20-8-4-2-5-9-20/h2-15,17,24,27,32H,16,18H2,1H3. The lowest BCUT2D eigenvalue weighted by Gasteiger charge is -2.31. The SMILES string of the molecule is COC(=O)C(Cc1ccc(O)cc1)N1C(=O)CSC1c1cn(-c2ccccc2)nc1-c1ccccc1. The third-order valence-corrected chi connectivity index (χ3v) is 7.37. The average Bonchev–Trinajstić information content (AvgIpc) is 3.53. The minimum atomic E-state index is -0.823. The summed E-state index contributed by atoms with van der Waals surface area (Å²) in [7, 11) is 1.33. The number of aromatic nitrogens is 2. The van der Waals surface area contributed by atoms with E-state index in [0.717, 1.165) is 28.1 Å². The van der Waals surface area contributed by atoms with Crippen molar-refractivity contribution >= 4 is 23.6 Å². The first-order valence-electron chi connectivity index (χ1n) is 11.5. The van der Waals surface area contributed by atoms with E-state index in [9.17, 15) is 14.7 Å². The third-order valence-electron chi connectivity index (χ3n) is 6.16. The summed E-state index contributed by atoms with van der Waals surface area (Å²) in [5, 5.41) is 14.1. The Labute approximate surface area is 213 Å². The van der Waals surface area contributed by atoms with Gasteiger partial charge < -0.3 is 14.7 Å². The number of phenolic OH excluding ortho intramolecular Hbond substituents is 1. The Bertz CT molecular complexity index is 1360. The second-order valence-corrected chi connectivity index (χ2v) is 9.52. The molecule has 1 amide bonds. The highest BCUT2D eigenvalue weighted by atomic mass is 32.2. The second kappa shape index (κ2) is 10.3. The highest BCUT2D eigenvalue weighted by Gasteiger charge is 2.43. The van der Waals surface area contributed by atoms with Gasteiger partial charge in [-0.2, -0.15) is 5.10 Å². The number of benzene rings is 3. The third kappa shape index (κ3) is 4.72. The van der Waals surface area contributed by atoms with E-state index in [1.165, 1.54) is 18.9 Å². The Hall–Kier alpha value is -4.04. The van der Waals surface area contributed by atoms with Crippen LogP contribution in [0.5, 0.6) is 5.75 Å². The molecule has 2 heterocycles. The minimum absolute atomic E-state index is 0.134. The summed E-state index contributed by atoms with van der Waals surface area (Å²) in [6.07, 6.45) is 2.21. The largest absolute Gasteiger partial charge is 0.508 e. The smallest absolute Gasteiger partial charge is 0.328 e.